The van der Waals surface area contributed by atoms with Gasteiger partial charge in [-0.3, -0.25) is 0 Å². The van der Waals surface area contributed by atoms with E-state index in [2.05, 4.69) is 181 Å². The maximum absolute atomic E-state index is 2.61. The van der Waals surface area contributed by atoms with E-state index >= 15 is 0 Å². The van der Waals surface area contributed by atoms with Crippen LogP contribution in [-0.4, -0.2) is 9.13 Å². The number of hydrogen-bond acceptors (Lipinski definition) is 0. The molecule has 0 spiro atoms. The first kappa shape index (κ1) is 27.4. The molecule has 2 aromatic heterocycles. The van der Waals surface area contributed by atoms with E-state index in [-0.39, 0.29) is 5.41 Å². The second-order valence-electron chi connectivity index (χ2n) is 14.8. The third-order valence-electron chi connectivity index (χ3n) is 12.0. The second kappa shape index (κ2) is 9.44. The molecule has 0 saturated heterocycles. The zero-order valence-corrected chi connectivity index (χ0v) is 28.4. The van der Waals surface area contributed by atoms with Gasteiger partial charge in [0.1, 0.15) is 0 Å². The minimum absolute atomic E-state index is 0.212. The van der Waals surface area contributed by atoms with Crippen LogP contribution in [0, 0.1) is 0 Å². The maximum Gasteiger partial charge on any atom is 0.0648 e. The Kier molecular flexibility index (Phi) is 5.08. The van der Waals surface area contributed by atoms with Crippen LogP contribution < -0.4 is 0 Å². The lowest BCUT2D eigenvalue weighted by Crippen LogP contribution is -2.16. The van der Waals surface area contributed by atoms with E-state index in [0.717, 1.165) is 0 Å². The third-order valence-corrected chi connectivity index (χ3v) is 12.0. The van der Waals surface area contributed by atoms with Crippen LogP contribution >= 0.6 is 0 Å². The van der Waals surface area contributed by atoms with E-state index in [1.807, 2.05) is 0 Å². The Morgan fingerprint density at radius 1 is 0.392 bits per heavy atom. The lowest BCUT2D eigenvalue weighted by molar-refractivity contribution is 0.664. The molecule has 51 heavy (non-hydrogen) atoms. The highest BCUT2D eigenvalue weighted by atomic mass is 15.0. The Bertz CT molecular complexity index is 3120. The van der Waals surface area contributed by atoms with E-state index in [4.69, 9.17) is 0 Å². The second-order valence-corrected chi connectivity index (χ2v) is 14.8. The van der Waals surface area contributed by atoms with Crippen molar-refractivity contribution in [1.82, 2.24) is 9.13 Å². The van der Waals surface area contributed by atoms with E-state index in [9.17, 15) is 0 Å². The van der Waals surface area contributed by atoms with E-state index in [1.54, 1.807) is 0 Å². The van der Waals surface area contributed by atoms with Crippen molar-refractivity contribution in [2.24, 2.45) is 0 Å². The summed E-state index contributed by atoms with van der Waals surface area (Å²) in [7, 11) is 0. The number of rotatable bonds is 2. The lowest BCUT2D eigenvalue weighted by atomic mass is 9.81. The predicted octanol–water partition coefficient (Wildman–Crippen LogP) is 13.0. The highest BCUT2D eigenvalue weighted by Gasteiger charge is 2.41. The number of benzene rings is 8. The van der Waals surface area contributed by atoms with E-state index < -0.39 is 0 Å². The van der Waals surface area contributed by atoms with Gasteiger partial charge in [-0.05, 0) is 80.2 Å². The number of nitrogens with zero attached hydrogens (tertiary/aromatic N) is 2. The summed E-state index contributed by atoms with van der Waals surface area (Å²) in [5, 5.41) is 7.85. The Labute approximate surface area is 295 Å². The molecule has 0 atom stereocenters. The Balaban J connectivity index is 1.37. The van der Waals surface area contributed by atoms with Gasteiger partial charge in [0.05, 0.1) is 27.8 Å². The van der Waals surface area contributed by atoms with Crippen LogP contribution in [0.5, 0.6) is 0 Å². The fourth-order valence-corrected chi connectivity index (χ4v) is 10.0. The van der Waals surface area contributed by atoms with Gasteiger partial charge in [-0.15, -0.1) is 0 Å². The van der Waals surface area contributed by atoms with Gasteiger partial charge in [0.25, 0.3) is 0 Å². The van der Waals surface area contributed by atoms with Crippen LogP contribution in [-0.2, 0) is 5.41 Å². The summed E-state index contributed by atoms with van der Waals surface area (Å²) < 4.78 is 5.15. The minimum atomic E-state index is -0.212. The summed E-state index contributed by atoms with van der Waals surface area (Å²) in [5.74, 6) is 0. The van der Waals surface area contributed by atoms with Crippen molar-refractivity contribution in [2.45, 2.75) is 19.3 Å². The summed E-state index contributed by atoms with van der Waals surface area (Å²) in [6.45, 7) is 4.85. The highest BCUT2D eigenvalue weighted by Crippen LogP contribution is 2.58. The molecule has 2 heterocycles. The van der Waals surface area contributed by atoms with Crippen molar-refractivity contribution in [1.29, 1.82) is 0 Å². The molecule has 0 unspecified atom stereocenters. The van der Waals surface area contributed by atoms with Crippen molar-refractivity contribution in [2.75, 3.05) is 0 Å². The molecule has 10 aromatic rings. The molecule has 12 rings (SSSR count). The summed E-state index contributed by atoms with van der Waals surface area (Å²) in [4.78, 5) is 0. The molecule has 0 saturated carbocycles. The number of para-hydroxylation sites is 3. The molecule has 0 bridgehead atoms. The van der Waals surface area contributed by atoms with Crippen molar-refractivity contribution in [3.63, 3.8) is 0 Å². The average Bonchev–Trinajstić information content (AvgIpc) is 3.87. The van der Waals surface area contributed by atoms with E-state index in [1.165, 1.54) is 110 Å². The van der Waals surface area contributed by atoms with Gasteiger partial charge in [0.2, 0.25) is 0 Å². The van der Waals surface area contributed by atoms with Crippen LogP contribution in [0.1, 0.15) is 25.0 Å². The van der Waals surface area contributed by atoms with Crippen LogP contribution in [0.2, 0.25) is 0 Å². The highest BCUT2D eigenvalue weighted by molar-refractivity contribution is 6.32. The normalized spacial score (nSPS) is 13.8. The van der Waals surface area contributed by atoms with Gasteiger partial charge in [0, 0.05) is 38.0 Å². The fourth-order valence-electron chi connectivity index (χ4n) is 10.0. The maximum atomic E-state index is 2.61. The number of hydrogen-bond donors (Lipinski definition) is 0. The smallest absolute Gasteiger partial charge is 0.0648 e. The van der Waals surface area contributed by atoms with Gasteiger partial charge in [-0.2, -0.15) is 0 Å². The third kappa shape index (κ3) is 3.24. The number of fused-ring (bicyclic) bond motifs is 15. The van der Waals surface area contributed by atoms with Gasteiger partial charge in [-0.25, -0.2) is 0 Å². The van der Waals surface area contributed by atoms with E-state index in [0.29, 0.717) is 0 Å². The van der Waals surface area contributed by atoms with Gasteiger partial charge in [0.15, 0.2) is 0 Å². The standard InChI is InChI=1S/C49H32N2/c1-49(2)38-24-11-8-19-34(38)43-44-36-20-9-13-26-40(36)51(41-28-27-33-31-18-7-6-17-30(31)32-22-14-23-35(41)42(32)33)47(44)45-37-21-10-12-25-39(37)50(48(45)46(43)49)29-15-4-3-5-16-29/h3-28H,1-2H3. The van der Waals surface area contributed by atoms with Crippen molar-refractivity contribution in [3.05, 3.63) is 169 Å². The van der Waals surface area contributed by atoms with Crippen molar-refractivity contribution >= 4 is 54.4 Å². The summed E-state index contributed by atoms with van der Waals surface area (Å²) >= 11 is 0. The molecule has 2 aliphatic rings. The number of aromatic nitrogens is 2. The molecular formula is C49H32N2. The first-order chi connectivity index (χ1) is 25.1. The Morgan fingerprint density at radius 3 is 1.73 bits per heavy atom. The zero-order valence-electron chi connectivity index (χ0n) is 28.4. The minimum Gasteiger partial charge on any atom is -0.309 e. The molecule has 0 amide bonds. The average molecular weight is 649 g/mol. The molecule has 8 aromatic carbocycles. The molecule has 0 fully saturated rings. The van der Waals surface area contributed by atoms with Crippen molar-refractivity contribution in [3.8, 4) is 44.8 Å². The lowest BCUT2D eigenvalue weighted by Gasteiger charge is -2.24. The largest absolute Gasteiger partial charge is 0.309 e. The summed E-state index contributed by atoms with van der Waals surface area (Å²) in [6.07, 6.45) is 0. The monoisotopic (exact) mass is 648 g/mol. The van der Waals surface area contributed by atoms with Crippen LogP contribution in [0.25, 0.3) is 99.1 Å². The van der Waals surface area contributed by atoms with Gasteiger partial charge < -0.3 is 9.13 Å². The predicted molar refractivity (Wildman–Crippen MR) is 215 cm³/mol. The summed E-state index contributed by atoms with van der Waals surface area (Å²) in [5.41, 5.74) is 18.0. The molecular weight excluding hydrogens is 617 g/mol. The molecule has 0 aliphatic heterocycles. The van der Waals surface area contributed by atoms with Crippen molar-refractivity contribution < 1.29 is 0 Å². The topological polar surface area (TPSA) is 9.86 Å². The van der Waals surface area contributed by atoms with Gasteiger partial charge >= 0.3 is 0 Å². The zero-order chi connectivity index (χ0) is 33.6. The van der Waals surface area contributed by atoms with Crippen LogP contribution in [0.4, 0.5) is 0 Å². The molecule has 2 heteroatoms. The Hall–Kier alpha value is -6.38. The molecule has 0 radical (unpaired) electrons. The fraction of sp³-hybridized carbons (Fsp3) is 0.0612. The molecule has 0 N–H and O–H groups in total. The van der Waals surface area contributed by atoms with Gasteiger partial charge in [-0.1, -0.05) is 141 Å². The quantitative estimate of drug-likeness (QED) is 0.177. The first-order valence-corrected chi connectivity index (χ1v) is 18.0. The van der Waals surface area contributed by atoms with Crippen LogP contribution in [0.15, 0.2) is 158 Å². The Morgan fingerprint density at radius 2 is 0.961 bits per heavy atom. The first-order valence-electron chi connectivity index (χ1n) is 18.0. The molecule has 2 nitrogen and oxygen atoms in total. The SMILES string of the molecule is CC1(C)c2ccccc2-c2c1c1c(c3ccccc3n1-c1ccccc1)c1c2c2ccccc2n1-c1ccc2c3c(cccc13)-c1ccccc1-2. The van der Waals surface area contributed by atoms with Crippen LogP contribution in [0.3, 0.4) is 0 Å². The summed E-state index contributed by atoms with van der Waals surface area (Å²) in [6, 6.07) is 58.7. The molecule has 238 valence electrons. The molecule has 2 aliphatic carbocycles.